The van der Waals surface area contributed by atoms with Crippen molar-refractivity contribution in [3.63, 3.8) is 0 Å². The van der Waals surface area contributed by atoms with Gasteiger partial charge < -0.3 is 5.32 Å². The van der Waals surface area contributed by atoms with E-state index in [1.165, 1.54) is 12.8 Å². The van der Waals surface area contributed by atoms with Crippen molar-refractivity contribution >= 4 is 0 Å². The van der Waals surface area contributed by atoms with E-state index >= 15 is 0 Å². The Morgan fingerprint density at radius 3 is 2.47 bits per heavy atom. The first-order chi connectivity index (χ1) is 6.96. The van der Waals surface area contributed by atoms with Gasteiger partial charge in [0.1, 0.15) is 0 Å². The molecule has 86 valence electrons. The molecule has 0 aliphatic heterocycles. The topological polar surface area (TPSA) is 12.0 Å². The van der Waals surface area contributed by atoms with Crippen LogP contribution in [-0.4, -0.2) is 12.6 Å². The highest BCUT2D eigenvalue weighted by Gasteiger charge is 2.38. The molecular formula is C14H25N. The summed E-state index contributed by atoms with van der Waals surface area (Å²) in [5, 5.41) is 3.72. The molecule has 2 rings (SSSR count). The highest BCUT2D eigenvalue weighted by molar-refractivity contribution is 5.11. The normalized spacial score (nSPS) is 36.1. The van der Waals surface area contributed by atoms with Gasteiger partial charge in [-0.2, -0.15) is 0 Å². The van der Waals surface area contributed by atoms with Crippen LogP contribution in [0.2, 0.25) is 0 Å². The zero-order valence-corrected chi connectivity index (χ0v) is 10.6. The average molecular weight is 207 g/mol. The fraction of sp³-hybridized carbons (Fsp3) is 0.857. The Kier molecular flexibility index (Phi) is 2.94. The molecule has 0 spiro atoms. The Labute approximate surface area is 94.3 Å². The Morgan fingerprint density at radius 2 is 2.00 bits per heavy atom. The molecule has 2 bridgehead atoms. The van der Waals surface area contributed by atoms with E-state index in [0.717, 1.165) is 24.3 Å². The average Bonchev–Trinajstić information content (AvgIpc) is 2.73. The van der Waals surface area contributed by atoms with Crippen molar-refractivity contribution in [2.45, 2.75) is 46.6 Å². The lowest BCUT2D eigenvalue weighted by molar-refractivity contribution is 0.283. The minimum atomic E-state index is 0.404. The number of fused-ring (bicyclic) bond motifs is 2. The first-order valence-corrected chi connectivity index (χ1v) is 6.37. The fourth-order valence-corrected chi connectivity index (χ4v) is 3.02. The van der Waals surface area contributed by atoms with Crippen LogP contribution < -0.4 is 5.32 Å². The minimum absolute atomic E-state index is 0.404. The van der Waals surface area contributed by atoms with Gasteiger partial charge in [-0.3, -0.25) is 0 Å². The summed E-state index contributed by atoms with van der Waals surface area (Å²) in [5.41, 5.74) is 0.404. The summed E-state index contributed by atoms with van der Waals surface area (Å²) in [7, 11) is 0. The lowest BCUT2D eigenvalue weighted by Gasteiger charge is -2.29. The molecule has 4 unspecified atom stereocenters. The largest absolute Gasteiger partial charge is 0.313 e. The van der Waals surface area contributed by atoms with Crippen LogP contribution in [0.1, 0.15) is 40.5 Å². The maximum atomic E-state index is 3.72. The Morgan fingerprint density at radius 1 is 1.27 bits per heavy atom. The molecule has 0 heterocycles. The van der Waals surface area contributed by atoms with Crippen LogP contribution in [0.5, 0.6) is 0 Å². The van der Waals surface area contributed by atoms with Crippen molar-refractivity contribution < 1.29 is 0 Å². The maximum absolute atomic E-state index is 3.72. The summed E-state index contributed by atoms with van der Waals surface area (Å²) in [5.74, 6) is 2.67. The number of nitrogens with one attached hydrogen (secondary N) is 1. The van der Waals surface area contributed by atoms with Crippen molar-refractivity contribution in [3.8, 4) is 0 Å². The van der Waals surface area contributed by atoms with E-state index in [4.69, 9.17) is 0 Å². The number of hydrogen-bond donors (Lipinski definition) is 1. The Bertz CT molecular complexity index is 249. The monoisotopic (exact) mass is 207 g/mol. The standard InChI is InChI=1S/C14H25N/c1-10(15-9-14(2,3)4)13-8-11-5-6-12(13)7-11/h5-6,10-13,15H,7-9H2,1-4H3. The third-order valence-electron chi connectivity index (χ3n) is 3.93. The molecule has 15 heavy (non-hydrogen) atoms. The van der Waals surface area contributed by atoms with Gasteiger partial charge in [-0.15, -0.1) is 0 Å². The molecule has 0 amide bonds. The molecule has 0 saturated heterocycles. The van der Waals surface area contributed by atoms with Crippen LogP contribution in [-0.2, 0) is 0 Å². The van der Waals surface area contributed by atoms with Gasteiger partial charge in [0.2, 0.25) is 0 Å². The molecule has 0 aromatic rings. The first kappa shape index (κ1) is 11.2. The van der Waals surface area contributed by atoms with Crippen LogP contribution in [0.25, 0.3) is 0 Å². The van der Waals surface area contributed by atoms with Gasteiger partial charge in [0.25, 0.3) is 0 Å². The van der Waals surface area contributed by atoms with Gasteiger partial charge in [-0.1, -0.05) is 32.9 Å². The first-order valence-electron chi connectivity index (χ1n) is 6.37. The quantitative estimate of drug-likeness (QED) is 0.701. The summed E-state index contributed by atoms with van der Waals surface area (Å²) in [6.45, 7) is 10.4. The molecule has 4 atom stereocenters. The summed E-state index contributed by atoms with van der Waals surface area (Å²) in [6, 6.07) is 0.684. The molecule has 0 radical (unpaired) electrons. The van der Waals surface area contributed by atoms with Gasteiger partial charge in [-0.25, -0.2) is 0 Å². The van der Waals surface area contributed by atoms with Crippen LogP contribution in [0.15, 0.2) is 12.2 Å². The molecule has 1 heteroatoms. The maximum Gasteiger partial charge on any atom is 0.00730 e. The molecule has 1 fully saturated rings. The predicted octanol–water partition coefficient (Wildman–Crippen LogP) is 3.22. The smallest absolute Gasteiger partial charge is 0.00730 e. The fourth-order valence-electron chi connectivity index (χ4n) is 3.02. The lowest BCUT2D eigenvalue weighted by atomic mass is 9.86. The minimum Gasteiger partial charge on any atom is -0.313 e. The van der Waals surface area contributed by atoms with E-state index in [-0.39, 0.29) is 0 Å². The third-order valence-corrected chi connectivity index (χ3v) is 3.93. The van der Waals surface area contributed by atoms with Crippen molar-refractivity contribution in [2.24, 2.45) is 23.2 Å². The van der Waals surface area contributed by atoms with E-state index < -0.39 is 0 Å². The molecule has 0 aromatic carbocycles. The molecule has 2 aliphatic carbocycles. The molecule has 1 nitrogen and oxygen atoms in total. The zero-order valence-electron chi connectivity index (χ0n) is 10.6. The Balaban J connectivity index is 1.82. The number of hydrogen-bond acceptors (Lipinski definition) is 1. The van der Waals surface area contributed by atoms with Crippen LogP contribution >= 0.6 is 0 Å². The molecule has 1 N–H and O–H groups in total. The SMILES string of the molecule is CC(NCC(C)(C)C)C1CC2C=CC1C2. The van der Waals surface area contributed by atoms with Crippen LogP contribution in [0.4, 0.5) is 0 Å². The summed E-state index contributed by atoms with van der Waals surface area (Å²) in [4.78, 5) is 0. The van der Waals surface area contributed by atoms with E-state index in [1.54, 1.807) is 0 Å². The summed E-state index contributed by atoms with van der Waals surface area (Å²) < 4.78 is 0. The Hall–Kier alpha value is -0.300. The van der Waals surface area contributed by atoms with Gasteiger partial charge in [0.15, 0.2) is 0 Å². The van der Waals surface area contributed by atoms with E-state index in [0.29, 0.717) is 11.5 Å². The van der Waals surface area contributed by atoms with Crippen molar-refractivity contribution in [1.29, 1.82) is 0 Å². The highest BCUT2D eigenvalue weighted by atomic mass is 14.9. The van der Waals surface area contributed by atoms with E-state index in [1.807, 2.05) is 0 Å². The van der Waals surface area contributed by atoms with E-state index in [9.17, 15) is 0 Å². The van der Waals surface area contributed by atoms with Crippen LogP contribution in [0.3, 0.4) is 0 Å². The predicted molar refractivity (Wildman–Crippen MR) is 65.8 cm³/mol. The van der Waals surface area contributed by atoms with Gasteiger partial charge in [0, 0.05) is 12.6 Å². The molecule has 2 aliphatic rings. The highest BCUT2D eigenvalue weighted by Crippen LogP contribution is 2.44. The van der Waals surface area contributed by atoms with Crippen LogP contribution in [0, 0.1) is 23.2 Å². The second kappa shape index (κ2) is 3.93. The van der Waals surface area contributed by atoms with Crippen molar-refractivity contribution in [3.05, 3.63) is 12.2 Å². The van der Waals surface area contributed by atoms with Gasteiger partial charge >= 0.3 is 0 Å². The second-order valence-electron chi connectivity index (χ2n) is 6.67. The zero-order chi connectivity index (χ0) is 11.1. The molecule has 1 saturated carbocycles. The van der Waals surface area contributed by atoms with Gasteiger partial charge in [-0.05, 0) is 42.9 Å². The molecule has 0 aromatic heterocycles. The summed E-state index contributed by atoms with van der Waals surface area (Å²) in [6.07, 6.45) is 7.72. The van der Waals surface area contributed by atoms with Crippen molar-refractivity contribution in [1.82, 2.24) is 5.32 Å². The number of rotatable bonds is 3. The lowest BCUT2D eigenvalue weighted by Crippen LogP contribution is -2.40. The summed E-state index contributed by atoms with van der Waals surface area (Å²) >= 11 is 0. The van der Waals surface area contributed by atoms with E-state index in [2.05, 4.69) is 45.2 Å². The second-order valence-corrected chi connectivity index (χ2v) is 6.67. The van der Waals surface area contributed by atoms with Crippen molar-refractivity contribution in [2.75, 3.05) is 6.54 Å². The molecular weight excluding hydrogens is 182 g/mol. The number of allylic oxidation sites excluding steroid dienone is 2. The third kappa shape index (κ3) is 2.63. The van der Waals surface area contributed by atoms with Gasteiger partial charge in [0.05, 0.1) is 0 Å².